The second-order valence-electron chi connectivity index (χ2n) is 5.18. The molecule has 0 heterocycles. The van der Waals surface area contributed by atoms with Crippen LogP contribution in [0.2, 0.25) is 0 Å². The van der Waals surface area contributed by atoms with Gasteiger partial charge in [0.2, 0.25) is 10.0 Å². The third-order valence-electron chi connectivity index (χ3n) is 3.76. The number of anilines is 1. The van der Waals surface area contributed by atoms with Gasteiger partial charge in [-0.15, -0.1) is 0 Å². The zero-order valence-electron chi connectivity index (χ0n) is 11.7. The highest BCUT2D eigenvalue weighted by Crippen LogP contribution is 2.36. The second kappa shape index (κ2) is 5.51. The largest absolute Gasteiger partial charge is 0.382 e. The molecule has 1 aromatic rings. The predicted molar refractivity (Wildman–Crippen MR) is 77.9 cm³/mol. The van der Waals surface area contributed by atoms with Crippen LogP contribution >= 0.6 is 0 Å². The van der Waals surface area contributed by atoms with Crippen LogP contribution < -0.4 is 10.0 Å². The summed E-state index contributed by atoms with van der Waals surface area (Å²) < 4.78 is 26.0. The molecule has 0 aliphatic heterocycles. The molecule has 19 heavy (non-hydrogen) atoms. The average Bonchev–Trinajstić information content (AvgIpc) is 3.22. The molecular formula is C14H22N2O2S. The van der Waals surface area contributed by atoms with Crippen LogP contribution in [0.4, 0.5) is 5.69 Å². The fourth-order valence-corrected chi connectivity index (χ4v) is 3.05. The molecule has 1 saturated carbocycles. The van der Waals surface area contributed by atoms with E-state index < -0.39 is 10.0 Å². The summed E-state index contributed by atoms with van der Waals surface area (Å²) in [7, 11) is -1.94. The molecule has 4 nitrogen and oxygen atoms in total. The van der Waals surface area contributed by atoms with Crippen molar-refractivity contribution in [3.8, 4) is 0 Å². The fourth-order valence-electron chi connectivity index (χ4n) is 2.29. The van der Waals surface area contributed by atoms with Crippen LogP contribution in [-0.4, -0.2) is 21.5 Å². The molecular weight excluding hydrogens is 260 g/mol. The Balaban J connectivity index is 2.26. The molecule has 1 aliphatic rings. The van der Waals surface area contributed by atoms with Crippen LogP contribution in [0.25, 0.3) is 0 Å². The Hall–Kier alpha value is -1.07. The summed E-state index contributed by atoms with van der Waals surface area (Å²) in [4.78, 5) is 0.314. The minimum absolute atomic E-state index is 0.314. The first-order chi connectivity index (χ1) is 8.97. The Labute approximate surface area is 115 Å². The molecule has 1 aliphatic carbocycles. The Morgan fingerprint density at radius 3 is 2.58 bits per heavy atom. The molecule has 2 rings (SSSR count). The average molecular weight is 282 g/mol. The maximum Gasteiger partial charge on any atom is 0.240 e. The van der Waals surface area contributed by atoms with Gasteiger partial charge in [0, 0.05) is 11.7 Å². The van der Waals surface area contributed by atoms with E-state index in [1.54, 1.807) is 12.1 Å². The Bertz CT molecular complexity index is 551. The van der Waals surface area contributed by atoms with E-state index in [4.69, 9.17) is 0 Å². The summed E-state index contributed by atoms with van der Waals surface area (Å²) >= 11 is 0. The van der Waals surface area contributed by atoms with Crippen molar-refractivity contribution in [3.05, 3.63) is 23.8 Å². The van der Waals surface area contributed by atoms with E-state index in [1.165, 1.54) is 19.9 Å². The number of sulfonamides is 1. The molecule has 0 aromatic heterocycles. The predicted octanol–water partition coefficient (Wildman–Crippen LogP) is 2.50. The van der Waals surface area contributed by atoms with E-state index in [0.29, 0.717) is 10.9 Å². The maximum atomic E-state index is 11.8. The molecule has 1 aromatic carbocycles. The first-order valence-corrected chi connectivity index (χ1v) is 8.27. The zero-order chi connectivity index (χ0) is 14.0. The van der Waals surface area contributed by atoms with Crippen LogP contribution in [-0.2, 0) is 10.0 Å². The summed E-state index contributed by atoms with van der Waals surface area (Å²) in [5.41, 5.74) is 2.00. The lowest BCUT2D eigenvalue weighted by Gasteiger charge is -2.20. The van der Waals surface area contributed by atoms with Gasteiger partial charge in [0.05, 0.1) is 4.90 Å². The van der Waals surface area contributed by atoms with E-state index in [1.807, 2.05) is 13.0 Å². The van der Waals surface area contributed by atoms with Gasteiger partial charge in [-0.05, 0) is 56.8 Å². The maximum absolute atomic E-state index is 11.8. The number of hydrogen-bond donors (Lipinski definition) is 2. The molecule has 0 radical (unpaired) electrons. The van der Waals surface area contributed by atoms with Gasteiger partial charge in [-0.1, -0.05) is 13.0 Å². The summed E-state index contributed by atoms with van der Waals surface area (Å²) in [6, 6.07) is 5.68. The van der Waals surface area contributed by atoms with Crippen LogP contribution in [0.1, 0.15) is 31.7 Å². The zero-order valence-corrected chi connectivity index (χ0v) is 12.5. The summed E-state index contributed by atoms with van der Waals surface area (Å²) in [5.74, 6) is 0.744. The molecule has 1 atom stereocenters. The number of benzene rings is 1. The molecule has 2 N–H and O–H groups in total. The Kier molecular flexibility index (Phi) is 4.16. The van der Waals surface area contributed by atoms with Crippen molar-refractivity contribution in [2.75, 3.05) is 12.4 Å². The molecule has 1 fully saturated rings. The Morgan fingerprint density at radius 1 is 1.37 bits per heavy atom. The highest BCUT2D eigenvalue weighted by Gasteiger charge is 2.30. The lowest BCUT2D eigenvalue weighted by Crippen LogP contribution is -2.22. The van der Waals surface area contributed by atoms with Gasteiger partial charge >= 0.3 is 0 Å². The third kappa shape index (κ3) is 3.28. The number of hydrogen-bond acceptors (Lipinski definition) is 3. The monoisotopic (exact) mass is 282 g/mol. The van der Waals surface area contributed by atoms with Crippen molar-refractivity contribution >= 4 is 15.7 Å². The Morgan fingerprint density at radius 2 is 2.05 bits per heavy atom. The lowest BCUT2D eigenvalue weighted by molar-refractivity contribution is 0.588. The standard InChI is InChI=1S/C14H22N2O2S/c1-4-13(11-6-7-11)16-14-9-12(8-5-10(14)2)19(17,18)15-3/h5,8-9,11,13,15-16H,4,6-7H2,1-3H3. The molecule has 106 valence electrons. The minimum Gasteiger partial charge on any atom is -0.382 e. The van der Waals surface area contributed by atoms with Gasteiger partial charge in [0.15, 0.2) is 0 Å². The van der Waals surface area contributed by atoms with Gasteiger partial charge in [0.25, 0.3) is 0 Å². The first-order valence-electron chi connectivity index (χ1n) is 6.78. The van der Waals surface area contributed by atoms with E-state index >= 15 is 0 Å². The fraction of sp³-hybridized carbons (Fsp3) is 0.571. The van der Waals surface area contributed by atoms with E-state index in [0.717, 1.165) is 23.6 Å². The summed E-state index contributed by atoms with van der Waals surface area (Å²) in [5, 5.41) is 3.50. The van der Waals surface area contributed by atoms with Gasteiger partial charge < -0.3 is 5.32 Å². The third-order valence-corrected chi connectivity index (χ3v) is 5.17. The van der Waals surface area contributed by atoms with Crippen molar-refractivity contribution in [2.45, 2.75) is 44.0 Å². The molecule has 0 bridgehead atoms. The second-order valence-corrected chi connectivity index (χ2v) is 7.07. The van der Waals surface area contributed by atoms with Crippen LogP contribution in [0.5, 0.6) is 0 Å². The summed E-state index contributed by atoms with van der Waals surface area (Å²) in [6.45, 7) is 4.16. The topological polar surface area (TPSA) is 58.2 Å². The van der Waals surface area contributed by atoms with Gasteiger partial charge in [-0.25, -0.2) is 13.1 Å². The number of nitrogens with one attached hydrogen (secondary N) is 2. The molecule has 0 saturated heterocycles. The highest BCUT2D eigenvalue weighted by molar-refractivity contribution is 7.89. The van der Waals surface area contributed by atoms with Gasteiger partial charge in [-0.2, -0.15) is 0 Å². The molecule has 0 amide bonds. The number of aryl methyl sites for hydroxylation is 1. The normalized spacial score (nSPS) is 17.2. The quantitative estimate of drug-likeness (QED) is 0.843. The van der Waals surface area contributed by atoms with Crippen molar-refractivity contribution in [1.29, 1.82) is 0 Å². The summed E-state index contributed by atoms with van der Waals surface area (Å²) in [6.07, 6.45) is 3.62. The SMILES string of the molecule is CCC(Nc1cc(S(=O)(=O)NC)ccc1C)C1CC1. The minimum atomic E-state index is -3.37. The van der Waals surface area contributed by atoms with E-state index in [2.05, 4.69) is 17.0 Å². The molecule has 5 heteroatoms. The van der Waals surface area contributed by atoms with Gasteiger partial charge in [0.1, 0.15) is 0 Å². The van der Waals surface area contributed by atoms with Crippen molar-refractivity contribution < 1.29 is 8.42 Å². The van der Waals surface area contributed by atoms with Crippen LogP contribution in [0.3, 0.4) is 0 Å². The van der Waals surface area contributed by atoms with Crippen molar-refractivity contribution in [2.24, 2.45) is 5.92 Å². The highest BCUT2D eigenvalue weighted by atomic mass is 32.2. The van der Waals surface area contributed by atoms with Gasteiger partial charge in [-0.3, -0.25) is 0 Å². The van der Waals surface area contributed by atoms with Crippen LogP contribution in [0.15, 0.2) is 23.1 Å². The van der Waals surface area contributed by atoms with E-state index in [9.17, 15) is 8.42 Å². The van der Waals surface area contributed by atoms with Crippen molar-refractivity contribution in [1.82, 2.24) is 4.72 Å². The van der Waals surface area contributed by atoms with E-state index in [-0.39, 0.29) is 0 Å². The molecule has 1 unspecified atom stereocenters. The first kappa shape index (κ1) is 14.3. The smallest absolute Gasteiger partial charge is 0.240 e. The van der Waals surface area contributed by atoms with Crippen molar-refractivity contribution in [3.63, 3.8) is 0 Å². The molecule has 0 spiro atoms. The number of rotatable bonds is 6. The van der Waals surface area contributed by atoms with Crippen LogP contribution in [0, 0.1) is 12.8 Å². The lowest BCUT2D eigenvalue weighted by atomic mass is 10.1.